The number of rotatable bonds is 2. The van der Waals surface area contributed by atoms with Crippen molar-refractivity contribution in [2.45, 2.75) is 44.3 Å². The van der Waals surface area contributed by atoms with Gasteiger partial charge in [0.15, 0.2) is 0 Å². The highest BCUT2D eigenvalue weighted by Crippen LogP contribution is 2.25. The van der Waals surface area contributed by atoms with E-state index >= 15 is 0 Å². The third kappa shape index (κ3) is 2.52. The quantitative estimate of drug-likeness (QED) is 0.727. The average molecular weight is 211 g/mol. The van der Waals surface area contributed by atoms with Gasteiger partial charge in [0.2, 0.25) is 0 Å². The van der Waals surface area contributed by atoms with Crippen LogP contribution in [0.1, 0.15) is 26.7 Å². The minimum Gasteiger partial charge on any atom is -0.310 e. The second-order valence-corrected chi connectivity index (χ2v) is 6.02. The fraction of sp³-hybridized carbons (Fsp3) is 1.00. The molecule has 2 atom stereocenters. The molecule has 2 saturated heterocycles. The zero-order valence-electron chi connectivity index (χ0n) is 10.6. The van der Waals surface area contributed by atoms with Crippen LogP contribution in [-0.2, 0) is 0 Å². The van der Waals surface area contributed by atoms with Gasteiger partial charge < -0.3 is 10.2 Å². The summed E-state index contributed by atoms with van der Waals surface area (Å²) in [5.41, 5.74) is 0.348. The molecule has 0 spiro atoms. The summed E-state index contributed by atoms with van der Waals surface area (Å²) in [6.45, 7) is 8.34. The molecular formula is C12H25N3. The fourth-order valence-electron chi connectivity index (χ4n) is 2.91. The topological polar surface area (TPSA) is 18.5 Å². The van der Waals surface area contributed by atoms with Gasteiger partial charge in [-0.2, -0.15) is 0 Å². The summed E-state index contributed by atoms with van der Waals surface area (Å²) in [5, 5.41) is 3.61. The second-order valence-electron chi connectivity index (χ2n) is 6.02. The predicted molar refractivity (Wildman–Crippen MR) is 64.2 cm³/mol. The Morgan fingerprint density at radius 3 is 2.53 bits per heavy atom. The Morgan fingerprint density at radius 1 is 1.33 bits per heavy atom. The molecule has 3 heteroatoms. The normalized spacial score (nSPS) is 36.6. The molecule has 0 saturated carbocycles. The van der Waals surface area contributed by atoms with E-state index in [2.05, 4.69) is 43.1 Å². The zero-order valence-corrected chi connectivity index (χ0v) is 10.6. The Morgan fingerprint density at radius 2 is 2.07 bits per heavy atom. The third-order valence-electron chi connectivity index (χ3n) is 4.00. The van der Waals surface area contributed by atoms with Crippen molar-refractivity contribution in [3.8, 4) is 0 Å². The maximum absolute atomic E-state index is 3.61. The molecule has 2 heterocycles. The summed E-state index contributed by atoms with van der Waals surface area (Å²) in [7, 11) is 4.40. The van der Waals surface area contributed by atoms with Crippen LogP contribution in [-0.4, -0.2) is 61.2 Å². The van der Waals surface area contributed by atoms with Gasteiger partial charge in [-0.1, -0.05) is 0 Å². The molecule has 2 fully saturated rings. The van der Waals surface area contributed by atoms with Crippen LogP contribution in [0.25, 0.3) is 0 Å². The van der Waals surface area contributed by atoms with Crippen molar-refractivity contribution in [2.24, 2.45) is 0 Å². The van der Waals surface area contributed by atoms with E-state index in [1.54, 1.807) is 0 Å². The van der Waals surface area contributed by atoms with E-state index in [4.69, 9.17) is 0 Å². The number of likely N-dealkylation sites (N-methyl/N-ethyl adjacent to an activating group) is 1. The number of likely N-dealkylation sites (tertiary alicyclic amines) is 1. The van der Waals surface area contributed by atoms with Crippen LogP contribution in [0, 0.1) is 0 Å². The van der Waals surface area contributed by atoms with E-state index in [1.165, 1.54) is 32.5 Å². The largest absolute Gasteiger partial charge is 0.310 e. The molecule has 1 N–H and O–H groups in total. The van der Waals surface area contributed by atoms with Gasteiger partial charge in [-0.25, -0.2) is 0 Å². The van der Waals surface area contributed by atoms with Crippen LogP contribution in [0.4, 0.5) is 0 Å². The molecule has 0 aromatic rings. The lowest BCUT2D eigenvalue weighted by Gasteiger charge is -2.26. The first-order valence-corrected chi connectivity index (χ1v) is 6.13. The highest BCUT2D eigenvalue weighted by Gasteiger charge is 2.37. The van der Waals surface area contributed by atoms with Crippen LogP contribution >= 0.6 is 0 Å². The lowest BCUT2D eigenvalue weighted by Crippen LogP contribution is -2.38. The van der Waals surface area contributed by atoms with Gasteiger partial charge in [-0.05, 0) is 40.8 Å². The van der Waals surface area contributed by atoms with Crippen molar-refractivity contribution < 1.29 is 0 Å². The average Bonchev–Trinajstić information content (AvgIpc) is 2.70. The van der Waals surface area contributed by atoms with Crippen LogP contribution in [0.15, 0.2) is 0 Å². The third-order valence-corrected chi connectivity index (χ3v) is 4.00. The number of hydrogen-bond donors (Lipinski definition) is 1. The molecule has 2 rings (SSSR count). The van der Waals surface area contributed by atoms with E-state index in [-0.39, 0.29) is 0 Å². The summed E-state index contributed by atoms with van der Waals surface area (Å²) in [6.07, 6.45) is 2.64. The first-order chi connectivity index (χ1) is 6.98. The number of hydrogen-bond acceptors (Lipinski definition) is 3. The van der Waals surface area contributed by atoms with Crippen LogP contribution in [0.3, 0.4) is 0 Å². The predicted octanol–water partition coefficient (Wildman–Crippen LogP) is 0.763. The highest BCUT2D eigenvalue weighted by atomic mass is 15.3. The Hall–Kier alpha value is -0.120. The van der Waals surface area contributed by atoms with Gasteiger partial charge in [-0.15, -0.1) is 0 Å². The number of nitrogens with zero attached hydrogens (tertiary/aromatic N) is 2. The standard InChI is InChI=1S/C12H25N3/c1-12(2)7-11(8-13-12)15-6-5-10(9-15)14(3)4/h10-11,13H,5-9H2,1-4H3. The first-order valence-electron chi connectivity index (χ1n) is 6.13. The Labute approximate surface area is 93.8 Å². The minimum atomic E-state index is 0.348. The Bertz CT molecular complexity index is 225. The van der Waals surface area contributed by atoms with Crippen molar-refractivity contribution in [3.05, 3.63) is 0 Å². The van der Waals surface area contributed by atoms with E-state index in [9.17, 15) is 0 Å². The molecular weight excluding hydrogens is 186 g/mol. The molecule has 0 radical (unpaired) electrons. The van der Waals surface area contributed by atoms with Crippen molar-refractivity contribution >= 4 is 0 Å². The SMILES string of the molecule is CN(C)C1CCN(C2CNC(C)(C)C2)C1. The van der Waals surface area contributed by atoms with Crippen molar-refractivity contribution in [1.82, 2.24) is 15.1 Å². The molecule has 3 nitrogen and oxygen atoms in total. The maximum atomic E-state index is 3.61. The molecule has 2 unspecified atom stereocenters. The second kappa shape index (κ2) is 4.04. The Kier molecular flexibility index (Phi) is 3.06. The first kappa shape index (κ1) is 11.4. The van der Waals surface area contributed by atoms with Crippen molar-refractivity contribution in [1.29, 1.82) is 0 Å². The van der Waals surface area contributed by atoms with Crippen molar-refractivity contribution in [3.63, 3.8) is 0 Å². The highest BCUT2D eigenvalue weighted by molar-refractivity contribution is 4.97. The van der Waals surface area contributed by atoms with Gasteiger partial charge in [-0.3, -0.25) is 4.90 Å². The van der Waals surface area contributed by atoms with E-state index in [0.717, 1.165) is 12.1 Å². The Balaban J connectivity index is 1.87. The van der Waals surface area contributed by atoms with Crippen LogP contribution in [0.2, 0.25) is 0 Å². The monoisotopic (exact) mass is 211 g/mol. The molecule has 2 aliphatic heterocycles. The van der Waals surface area contributed by atoms with Gasteiger partial charge in [0, 0.05) is 37.3 Å². The molecule has 0 aliphatic carbocycles. The summed E-state index contributed by atoms with van der Waals surface area (Å²) in [4.78, 5) is 5.04. The van der Waals surface area contributed by atoms with E-state index in [1.807, 2.05) is 0 Å². The van der Waals surface area contributed by atoms with Gasteiger partial charge >= 0.3 is 0 Å². The molecule has 0 bridgehead atoms. The molecule has 0 aromatic carbocycles. The molecule has 88 valence electrons. The minimum absolute atomic E-state index is 0.348. The summed E-state index contributed by atoms with van der Waals surface area (Å²) >= 11 is 0. The molecule has 2 aliphatic rings. The summed E-state index contributed by atoms with van der Waals surface area (Å²) in [6, 6.07) is 1.54. The molecule has 15 heavy (non-hydrogen) atoms. The van der Waals surface area contributed by atoms with Gasteiger partial charge in [0.05, 0.1) is 0 Å². The van der Waals surface area contributed by atoms with E-state index < -0.39 is 0 Å². The van der Waals surface area contributed by atoms with E-state index in [0.29, 0.717) is 5.54 Å². The lowest BCUT2D eigenvalue weighted by atomic mass is 10.0. The van der Waals surface area contributed by atoms with Gasteiger partial charge in [0.25, 0.3) is 0 Å². The molecule has 0 aromatic heterocycles. The summed E-state index contributed by atoms with van der Waals surface area (Å²) in [5.74, 6) is 0. The smallest absolute Gasteiger partial charge is 0.0238 e. The van der Waals surface area contributed by atoms with Crippen molar-refractivity contribution in [2.75, 3.05) is 33.7 Å². The lowest BCUT2D eigenvalue weighted by molar-refractivity contribution is 0.220. The molecule has 0 amide bonds. The maximum Gasteiger partial charge on any atom is 0.0238 e. The number of nitrogens with one attached hydrogen (secondary N) is 1. The van der Waals surface area contributed by atoms with Gasteiger partial charge in [0.1, 0.15) is 0 Å². The summed E-state index contributed by atoms with van der Waals surface area (Å²) < 4.78 is 0. The van der Waals surface area contributed by atoms with Crippen LogP contribution < -0.4 is 5.32 Å². The fourth-order valence-corrected chi connectivity index (χ4v) is 2.91. The zero-order chi connectivity index (χ0) is 11.1. The van der Waals surface area contributed by atoms with Crippen LogP contribution in [0.5, 0.6) is 0 Å².